The molecule has 1 fully saturated rings. The fraction of sp³-hybridized carbons (Fsp3) is 0.292. The molecular weight excluding hydrogens is 388 g/mol. The summed E-state index contributed by atoms with van der Waals surface area (Å²) < 4.78 is 5.53. The molecule has 4 aromatic rings. The molecule has 4 heterocycles. The van der Waals surface area contributed by atoms with Crippen LogP contribution in [0, 0.1) is 11.3 Å². The van der Waals surface area contributed by atoms with E-state index in [1.807, 2.05) is 12.3 Å². The van der Waals surface area contributed by atoms with Gasteiger partial charge < -0.3 is 15.5 Å². The summed E-state index contributed by atoms with van der Waals surface area (Å²) in [6.45, 7) is 3.32. The van der Waals surface area contributed by atoms with Crippen LogP contribution < -0.4 is 5.73 Å². The van der Waals surface area contributed by atoms with Crippen LogP contribution >= 0.6 is 0 Å². The zero-order valence-corrected chi connectivity index (χ0v) is 17.2. The van der Waals surface area contributed by atoms with Crippen LogP contribution in [0.2, 0.25) is 0 Å². The lowest BCUT2D eigenvalue weighted by atomic mass is 10.0. The molecule has 3 N–H and O–H groups in total. The van der Waals surface area contributed by atoms with Crippen molar-refractivity contribution in [1.82, 2.24) is 19.9 Å². The predicted octanol–water partition coefficient (Wildman–Crippen LogP) is 3.55. The largest absolute Gasteiger partial charge is 0.363 e. The lowest BCUT2D eigenvalue weighted by Gasteiger charge is -2.31. The Morgan fingerprint density at radius 3 is 2.61 bits per heavy atom. The summed E-state index contributed by atoms with van der Waals surface area (Å²) >= 11 is 0. The first-order valence-corrected chi connectivity index (χ1v) is 10.5. The zero-order valence-electron chi connectivity index (χ0n) is 17.2. The second-order valence-corrected chi connectivity index (χ2v) is 7.98. The minimum Gasteiger partial charge on any atom is -0.363 e. The lowest BCUT2D eigenvalue weighted by molar-refractivity contribution is 0.00908. The number of rotatable bonds is 5. The van der Waals surface area contributed by atoms with Crippen LogP contribution in [0.5, 0.6) is 0 Å². The van der Waals surface area contributed by atoms with Gasteiger partial charge in [0, 0.05) is 42.2 Å². The van der Waals surface area contributed by atoms with Crippen molar-refractivity contribution in [1.29, 1.82) is 5.26 Å². The molecule has 1 saturated heterocycles. The number of pyridine rings is 2. The maximum absolute atomic E-state index is 9.17. The van der Waals surface area contributed by atoms with E-state index in [0.717, 1.165) is 65.5 Å². The maximum atomic E-state index is 9.17. The van der Waals surface area contributed by atoms with E-state index in [1.54, 1.807) is 6.20 Å². The van der Waals surface area contributed by atoms with Crippen molar-refractivity contribution in [3.8, 4) is 17.2 Å². The summed E-state index contributed by atoms with van der Waals surface area (Å²) in [6, 6.07) is 14.7. The fourth-order valence-electron chi connectivity index (χ4n) is 4.33. The van der Waals surface area contributed by atoms with Gasteiger partial charge in [-0.1, -0.05) is 24.3 Å². The van der Waals surface area contributed by atoms with E-state index >= 15 is 0 Å². The first-order chi connectivity index (χ1) is 15.2. The number of nitriles is 1. The van der Waals surface area contributed by atoms with Crippen LogP contribution in [0.1, 0.15) is 24.1 Å². The summed E-state index contributed by atoms with van der Waals surface area (Å²) in [6.07, 6.45) is 5.95. The van der Waals surface area contributed by atoms with E-state index in [-0.39, 0.29) is 0 Å². The van der Waals surface area contributed by atoms with E-state index in [2.05, 4.69) is 56.3 Å². The standard InChI is InChI=1S/C24H24N6O/c25-11-19-10-21-22-9-18(12-28-24(22)29-23(21)13-27-19)17-3-1-16(2-4-17)14-30-7-5-20(6-8-30)31-15-26/h1-4,9-10,12-13,20H,5-8,14-15,26H2,(H,28,29). The zero-order chi connectivity index (χ0) is 21.2. The molecule has 156 valence electrons. The molecule has 1 aromatic carbocycles. The first-order valence-electron chi connectivity index (χ1n) is 10.5. The number of nitrogens with one attached hydrogen (secondary N) is 1. The summed E-state index contributed by atoms with van der Waals surface area (Å²) in [7, 11) is 0. The van der Waals surface area contributed by atoms with Crippen molar-refractivity contribution in [3.05, 3.63) is 60.0 Å². The van der Waals surface area contributed by atoms with Crippen LogP contribution in [0.15, 0.2) is 48.8 Å². The van der Waals surface area contributed by atoms with Gasteiger partial charge in [0.25, 0.3) is 0 Å². The lowest BCUT2D eigenvalue weighted by Crippen LogP contribution is -2.37. The maximum Gasteiger partial charge on any atom is 0.141 e. The highest BCUT2D eigenvalue weighted by atomic mass is 16.5. The van der Waals surface area contributed by atoms with Gasteiger partial charge in [-0.25, -0.2) is 9.97 Å². The number of aromatic nitrogens is 3. The number of fused-ring (bicyclic) bond motifs is 3. The van der Waals surface area contributed by atoms with E-state index < -0.39 is 0 Å². The Bertz CT molecular complexity index is 1250. The van der Waals surface area contributed by atoms with Gasteiger partial charge in [0.05, 0.1) is 24.5 Å². The molecule has 1 aliphatic heterocycles. The second-order valence-electron chi connectivity index (χ2n) is 7.98. The van der Waals surface area contributed by atoms with Gasteiger partial charge in [-0.2, -0.15) is 5.26 Å². The normalized spacial score (nSPS) is 15.5. The minimum absolute atomic E-state index is 0.301. The highest BCUT2D eigenvalue weighted by Gasteiger charge is 2.19. The molecule has 7 heteroatoms. The molecule has 0 saturated carbocycles. The smallest absolute Gasteiger partial charge is 0.141 e. The number of piperidine rings is 1. The van der Waals surface area contributed by atoms with Gasteiger partial charge in [0.15, 0.2) is 0 Å². The number of H-pyrrole nitrogens is 1. The summed E-state index contributed by atoms with van der Waals surface area (Å²) in [5.74, 6) is 0. The number of ether oxygens (including phenoxy) is 1. The minimum atomic E-state index is 0.301. The molecule has 3 aromatic heterocycles. The van der Waals surface area contributed by atoms with Gasteiger partial charge in [-0.05, 0) is 36.1 Å². The highest BCUT2D eigenvalue weighted by Crippen LogP contribution is 2.29. The second kappa shape index (κ2) is 8.44. The Morgan fingerprint density at radius 1 is 1.06 bits per heavy atom. The van der Waals surface area contributed by atoms with Crippen molar-refractivity contribution in [2.24, 2.45) is 5.73 Å². The third-order valence-corrected chi connectivity index (χ3v) is 6.01. The molecular formula is C24H24N6O. The van der Waals surface area contributed by atoms with Crippen LogP contribution in [0.4, 0.5) is 0 Å². The van der Waals surface area contributed by atoms with Gasteiger partial charge in [0.1, 0.15) is 17.4 Å². The number of hydrogen-bond acceptors (Lipinski definition) is 6. The Labute approximate surface area is 180 Å². The Balaban J connectivity index is 1.34. The fourth-order valence-corrected chi connectivity index (χ4v) is 4.33. The monoisotopic (exact) mass is 412 g/mol. The van der Waals surface area contributed by atoms with Gasteiger partial charge in [-0.3, -0.25) is 4.90 Å². The number of nitrogens with two attached hydrogens (primary N) is 1. The molecule has 0 atom stereocenters. The Hall–Kier alpha value is -3.31. The third kappa shape index (κ3) is 4.01. The summed E-state index contributed by atoms with van der Waals surface area (Å²) in [5, 5.41) is 11.1. The molecule has 0 amide bonds. The van der Waals surface area contributed by atoms with Crippen molar-refractivity contribution in [2.75, 3.05) is 19.8 Å². The van der Waals surface area contributed by atoms with Gasteiger partial charge in [0.2, 0.25) is 0 Å². The van der Waals surface area contributed by atoms with Crippen LogP contribution in [0.25, 0.3) is 33.1 Å². The summed E-state index contributed by atoms with van der Waals surface area (Å²) in [5.41, 5.74) is 11.0. The van der Waals surface area contributed by atoms with Crippen molar-refractivity contribution in [2.45, 2.75) is 25.5 Å². The van der Waals surface area contributed by atoms with Crippen LogP contribution in [0.3, 0.4) is 0 Å². The van der Waals surface area contributed by atoms with Crippen molar-refractivity contribution < 1.29 is 4.74 Å². The van der Waals surface area contributed by atoms with E-state index in [4.69, 9.17) is 15.7 Å². The van der Waals surface area contributed by atoms with Crippen LogP contribution in [-0.4, -0.2) is 45.8 Å². The average Bonchev–Trinajstić information content (AvgIpc) is 3.18. The quantitative estimate of drug-likeness (QED) is 0.486. The Kier molecular flexibility index (Phi) is 5.35. The van der Waals surface area contributed by atoms with Crippen molar-refractivity contribution >= 4 is 21.9 Å². The molecule has 0 aliphatic carbocycles. The first kappa shape index (κ1) is 19.6. The van der Waals surface area contributed by atoms with Crippen molar-refractivity contribution in [3.63, 3.8) is 0 Å². The van der Waals surface area contributed by atoms with Crippen LogP contribution in [-0.2, 0) is 11.3 Å². The number of aromatic amines is 1. The number of nitrogens with zero attached hydrogens (tertiary/aromatic N) is 4. The third-order valence-electron chi connectivity index (χ3n) is 6.01. The van der Waals surface area contributed by atoms with E-state index in [1.165, 1.54) is 5.56 Å². The predicted molar refractivity (Wildman–Crippen MR) is 120 cm³/mol. The Morgan fingerprint density at radius 2 is 1.87 bits per heavy atom. The highest BCUT2D eigenvalue weighted by molar-refractivity contribution is 6.06. The molecule has 0 bridgehead atoms. The van der Waals surface area contributed by atoms with E-state index in [0.29, 0.717) is 18.5 Å². The molecule has 31 heavy (non-hydrogen) atoms. The SMILES string of the molecule is N#Cc1cc2c(cn1)[nH]c1ncc(-c3ccc(CN4CCC(OCN)CC4)cc3)cc12. The molecule has 0 spiro atoms. The average molecular weight is 412 g/mol. The number of benzene rings is 1. The van der Waals surface area contributed by atoms with Gasteiger partial charge in [-0.15, -0.1) is 0 Å². The topological polar surface area (TPSA) is 104 Å². The molecule has 7 nitrogen and oxygen atoms in total. The van der Waals surface area contributed by atoms with Gasteiger partial charge >= 0.3 is 0 Å². The molecule has 5 rings (SSSR count). The molecule has 0 radical (unpaired) electrons. The molecule has 0 unspecified atom stereocenters. The summed E-state index contributed by atoms with van der Waals surface area (Å²) in [4.78, 5) is 14.5. The number of likely N-dealkylation sites (tertiary alicyclic amines) is 1. The molecule has 1 aliphatic rings. The van der Waals surface area contributed by atoms with E-state index in [9.17, 15) is 0 Å². The number of hydrogen-bond donors (Lipinski definition) is 2.